The zero-order valence-corrected chi connectivity index (χ0v) is 13.6. The molecule has 1 rings (SSSR count). The maximum absolute atomic E-state index is 11.7. The fraction of sp³-hybridized carbons (Fsp3) is 0.500. The van der Waals surface area contributed by atoms with Crippen LogP contribution in [-0.2, 0) is 9.59 Å². The van der Waals surface area contributed by atoms with Crippen molar-refractivity contribution in [2.45, 2.75) is 40.5 Å². The van der Waals surface area contributed by atoms with Crippen LogP contribution in [0.15, 0.2) is 18.2 Å². The molecule has 0 aliphatic carbocycles. The highest BCUT2D eigenvalue weighted by molar-refractivity contribution is 6.30. The van der Waals surface area contributed by atoms with Crippen LogP contribution in [0.4, 0.5) is 0 Å². The minimum absolute atomic E-state index is 0.172. The lowest BCUT2D eigenvalue weighted by Gasteiger charge is -2.12. The van der Waals surface area contributed by atoms with Crippen LogP contribution >= 0.6 is 11.6 Å². The van der Waals surface area contributed by atoms with Gasteiger partial charge in [0.05, 0.1) is 0 Å². The first-order valence-electron chi connectivity index (χ1n) is 6.98. The van der Waals surface area contributed by atoms with E-state index < -0.39 is 0 Å². The number of carbonyl (C=O) groups excluding carboxylic acids is 2. The van der Waals surface area contributed by atoms with Crippen molar-refractivity contribution in [3.05, 3.63) is 23.2 Å². The van der Waals surface area contributed by atoms with Gasteiger partial charge in [0.15, 0.2) is 11.5 Å². The minimum Gasteiger partial charge on any atom is -0.423 e. The van der Waals surface area contributed by atoms with Crippen molar-refractivity contribution in [1.29, 1.82) is 0 Å². The predicted molar refractivity (Wildman–Crippen MR) is 81.6 cm³/mol. The molecule has 116 valence electrons. The Bertz CT molecular complexity index is 509. The van der Waals surface area contributed by atoms with E-state index in [0.717, 1.165) is 0 Å². The molecule has 21 heavy (non-hydrogen) atoms. The van der Waals surface area contributed by atoms with E-state index in [9.17, 15) is 9.59 Å². The van der Waals surface area contributed by atoms with Crippen LogP contribution < -0.4 is 9.47 Å². The number of benzene rings is 1. The van der Waals surface area contributed by atoms with Crippen LogP contribution in [0.25, 0.3) is 0 Å². The fourth-order valence-electron chi connectivity index (χ4n) is 1.64. The number of halogens is 1. The molecule has 0 saturated heterocycles. The van der Waals surface area contributed by atoms with Gasteiger partial charge in [-0.3, -0.25) is 9.59 Å². The molecule has 0 aliphatic heterocycles. The Kier molecular flexibility index (Phi) is 6.69. The summed E-state index contributed by atoms with van der Waals surface area (Å²) < 4.78 is 10.5. The van der Waals surface area contributed by atoms with E-state index in [4.69, 9.17) is 21.1 Å². The summed E-state index contributed by atoms with van der Waals surface area (Å²) in [6, 6.07) is 4.58. The lowest BCUT2D eigenvalue weighted by atomic mass is 10.1. The van der Waals surface area contributed by atoms with E-state index in [0.29, 0.717) is 11.4 Å². The summed E-state index contributed by atoms with van der Waals surface area (Å²) in [5.74, 6) is 0.00897. The van der Waals surface area contributed by atoms with Crippen LogP contribution in [0.1, 0.15) is 40.5 Å². The summed E-state index contributed by atoms with van der Waals surface area (Å²) in [7, 11) is 0. The van der Waals surface area contributed by atoms with Gasteiger partial charge in [-0.15, -0.1) is 0 Å². The van der Waals surface area contributed by atoms with Crippen molar-refractivity contribution >= 4 is 23.5 Å². The third kappa shape index (κ3) is 6.63. The Balaban J connectivity index is 2.84. The molecule has 0 aliphatic rings. The molecule has 0 N–H and O–H groups in total. The monoisotopic (exact) mass is 312 g/mol. The Hall–Kier alpha value is -1.55. The molecular weight excluding hydrogens is 292 g/mol. The average Bonchev–Trinajstić information content (AvgIpc) is 2.30. The van der Waals surface area contributed by atoms with Gasteiger partial charge < -0.3 is 9.47 Å². The number of hydrogen-bond acceptors (Lipinski definition) is 4. The normalized spacial score (nSPS) is 10.8. The molecule has 0 bridgehead atoms. The third-order valence-corrected chi connectivity index (χ3v) is 2.74. The summed E-state index contributed by atoms with van der Waals surface area (Å²) in [5.41, 5.74) is 0. The molecule has 0 saturated carbocycles. The van der Waals surface area contributed by atoms with Crippen LogP contribution in [-0.4, -0.2) is 11.9 Å². The standard InChI is InChI=1S/C16H21ClO4/c1-10(2)7-15(18)20-13-6-5-12(17)9-14(13)21-16(19)8-11(3)4/h5-6,9-11H,7-8H2,1-4H3. The number of rotatable bonds is 6. The zero-order chi connectivity index (χ0) is 16.0. The van der Waals surface area contributed by atoms with Gasteiger partial charge in [0, 0.05) is 23.9 Å². The zero-order valence-electron chi connectivity index (χ0n) is 12.8. The SMILES string of the molecule is CC(C)CC(=O)Oc1ccc(Cl)cc1OC(=O)CC(C)C. The maximum atomic E-state index is 11.7. The lowest BCUT2D eigenvalue weighted by molar-refractivity contribution is -0.138. The van der Waals surface area contributed by atoms with E-state index in [1.54, 1.807) is 6.07 Å². The van der Waals surface area contributed by atoms with Crippen LogP contribution in [0.5, 0.6) is 11.5 Å². The highest BCUT2D eigenvalue weighted by Gasteiger charge is 2.16. The maximum Gasteiger partial charge on any atom is 0.311 e. The molecule has 0 radical (unpaired) electrons. The topological polar surface area (TPSA) is 52.6 Å². The van der Waals surface area contributed by atoms with E-state index in [2.05, 4.69) is 0 Å². The Labute approximate surface area is 130 Å². The van der Waals surface area contributed by atoms with Crippen molar-refractivity contribution in [3.63, 3.8) is 0 Å². The predicted octanol–water partition coefficient (Wildman–Crippen LogP) is 4.24. The highest BCUT2D eigenvalue weighted by Crippen LogP contribution is 2.31. The van der Waals surface area contributed by atoms with Crippen molar-refractivity contribution in [1.82, 2.24) is 0 Å². The van der Waals surface area contributed by atoms with Crippen LogP contribution in [0.2, 0.25) is 5.02 Å². The van der Waals surface area contributed by atoms with Gasteiger partial charge in [-0.2, -0.15) is 0 Å². The van der Waals surface area contributed by atoms with Crippen molar-refractivity contribution in [3.8, 4) is 11.5 Å². The summed E-state index contributed by atoms with van der Waals surface area (Å²) in [5, 5.41) is 0.408. The van der Waals surface area contributed by atoms with E-state index in [1.807, 2.05) is 27.7 Å². The molecular formula is C16H21ClO4. The Morgan fingerprint density at radius 3 is 1.90 bits per heavy atom. The summed E-state index contributed by atoms with van der Waals surface area (Å²) in [4.78, 5) is 23.5. The smallest absolute Gasteiger partial charge is 0.311 e. The first-order chi connectivity index (χ1) is 9.77. The first-order valence-corrected chi connectivity index (χ1v) is 7.36. The van der Waals surface area contributed by atoms with Gasteiger partial charge >= 0.3 is 11.9 Å². The van der Waals surface area contributed by atoms with Gasteiger partial charge in [0.25, 0.3) is 0 Å². The average molecular weight is 313 g/mol. The molecule has 0 amide bonds. The van der Waals surface area contributed by atoms with Crippen LogP contribution in [0, 0.1) is 11.8 Å². The van der Waals surface area contributed by atoms with Crippen molar-refractivity contribution in [2.75, 3.05) is 0 Å². The molecule has 0 unspecified atom stereocenters. The third-order valence-electron chi connectivity index (χ3n) is 2.50. The molecule has 0 spiro atoms. The Morgan fingerprint density at radius 2 is 1.43 bits per heavy atom. The highest BCUT2D eigenvalue weighted by atomic mass is 35.5. The molecule has 5 heteroatoms. The molecule has 0 heterocycles. The second-order valence-corrected chi connectivity index (χ2v) is 6.17. The fourth-order valence-corrected chi connectivity index (χ4v) is 1.80. The number of ether oxygens (including phenoxy) is 2. The number of hydrogen-bond donors (Lipinski definition) is 0. The second-order valence-electron chi connectivity index (χ2n) is 5.74. The van der Waals surface area contributed by atoms with Gasteiger partial charge in [-0.25, -0.2) is 0 Å². The Morgan fingerprint density at radius 1 is 0.952 bits per heavy atom. The van der Waals surface area contributed by atoms with E-state index in [1.165, 1.54) is 12.1 Å². The second kappa shape index (κ2) is 8.03. The molecule has 0 fully saturated rings. The molecule has 0 atom stereocenters. The molecule has 0 aromatic heterocycles. The minimum atomic E-state index is -0.381. The first kappa shape index (κ1) is 17.5. The van der Waals surface area contributed by atoms with Crippen molar-refractivity contribution in [2.24, 2.45) is 11.8 Å². The van der Waals surface area contributed by atoms with Gasteiger partial charge in [-0.1, -0.05) is 39.3 Å². The number of esters is 2. The summed E-state index contributed by atoms with van der Waals surface area (Å²) in [6.45, 7) is 7.69. The van der Waals surface area contributed by atoms with Crippen LogP contribution in [0.3, 0.4) is 0 Å². The van der Waals surface area contributed by atoms with Gasteiger partial charge in [0.2, 0.25) is 0 Å². The van der Waals surface area contributed by atoms with E-state index >= 15 is 0 Å². The largest absolute Gasteiger partial charge is 0.423 e. The van der Waals surface area contributed by atoms with E-state index in [-0.39, 0.29) is 41.7 Å². The van der Waals surface area contributed by atoms with Gasteiger partial charge in [0.1, 0.15) is 0 Å². The summed E-state index contributed by atoms with van der Waals surface area (Å²) >= 11 is 5.90. The van der Waals surface area contributed by atoms with Gasteiger partial charge in [-0.05, 0) is 24.0 Å². The molecule has 4 nitrogen and oxygen atoms in total. The van der Waals surface area contributed by atoms with Crippen molar-refractivity contribution < 1.29 is 19.1 Å². The quantitative estimate of drug-likeness (QED) is 0.582. The number of carbonyl (C=O) groups is 2. The molecule has 1 aromatic carbocycles. The summed E-state index contributed by atoms with van der Waals surface area (Å²) in [6.07, 6.45) is 0.577. The molecule has 1 aromatic rings. The lowest BCUT2D eigenvalue weighted by Crippen LogP contribution is -2.14.